The Morgan fingerprint density at radius 1 is 1.09 bits per heavy atom. The van der Waals surface area contributed by atoms with Crippen LogP contribution in [0, 0.1) is 51.7 Å². The van der Waals surface area contributed by atoms with E-state index in [0.29, 0.717) is 0 Å². The molecule has 3 N–H and O–H groups in total. The fourth-order valence-corrected chi connectivity index (χ4v) is 3.00. The summed E-state index contributed by atoms with van der Waals surface area (Å²) in [5.41, 5.74) is 5.86. The Morgan fingerprint density at radius 2 is 1.71 bits per heavy atom. The van der Waals surface area contributed by atoms with Gasteiger partial charge >= 0.3 is 0 Å². The lowest BCUT2D eigenvalue weighted by molar-refractivity contribution is 0.270. The van der Waals surface area contributed by atoms with Gasteiger partial charge in [0.2, 0.25) is 34.8 Å². The summed E-state index contributed by atoms with van der Waals surface area (Å²) in [6, 6.07) is 7.37. The number of methoxy groups -OCH3 is 1. The maximum Gasteiger partial charge on any atom is 0.207 e. The predicted molar refractivity (Wildman–Crippen MR) is 111 cm³/mol. The molecule has 0 fully saturated rings. The number of nitriles is 2. The largest absolute Gasteiger partial charge is 0.493 e. The van der Waals surface area contributed by atoms with Crippen molar-refractivity contribution in [2.75, 3.05) is 19.5 Å². The van der Waals surface area contributed by atoms with Crippen molar-refractivity contribution in [2.45, 2.75) is 6.54 Å². The summed E-state index contributed by atoms with van der Waals surface area (Å²) in [6.45, 7) is -0.333. The number of aliphatic hydroxyl groups is 1. The Morgan fingerprint density at radius 3 is 2.26 bits per heavy atom. The van der Waals surface area contributed by atoms with E-state index in [2.05, 4.69) is 5.10 Å². The molecule has 0 aliphatic carbocycles. The first-order valence-corrected chi connectivity index (χ1v) is 9.55. The van der Waals surface area contributed by atoms with E-state index >= 15 is 0 Å². The second-order valence-electron chi connectivity index (χ2n) is 6.75. The van der Waals surface area contributed by atoms with E-state index in [4.69, 9.17) is 20.3 Å². The summed E-state index contributed by atoms with van der Waals surface area (Å²) in [5, 5.41) is 32.2. The summed E-state index contributed by atoms with van der Waals surface area (Å²) in [5.74, 6) is -13.2. The number of rotatable bonds is 7. The second-order valence-corrected chi connectivity index (χ2v) is 6.75. The van der Waals surface area contributed by atoms with Gasteiger partial charge in [-0.25, -0.2) is 17.9 Å². The van der Waals surface area contributed by atoms with E-state index in [1.807, 2.05) is 12.1 Å². The molecular weight excluding hydrogens is 477 g/mol. The van der Waals surface area contributed by atoms with Crippen molar-refractivity contribution in [2.24, 2.45) is 0 Å². The number of nitrogens with zero attached hydrogens (tertiary/aromatic N) is 4. The molecule has 0 unspecified atom stereocenters. The van der Waals surface area contributed by atoms with Gasteiger partial charge in [-0.05, 0) is 23.8 Å². The molecule has 0 amide bonds. The number of allylic oxidation sites excluding steroid dienone is 1. The topological polar surface area (TPSA) is 130 Å². The van der Waals surface area contributed by atoms with Crippen LogP contribution < -0.4 is 15.2 Å². The first kappa shape index (κ1) is 25.0. The van der Waals surface area contributed by atoms with Gasteiger partial charge in [0.25, 0.3) is 0 Å². The van der Waals surface area contributed by atoms with Crippen LogP contribution in [0.4, 0.5) is 27.8 Å². The number of anilines is 1. The Kier molecular flexibility index (Phi) is 7.22. The number of hydrogen-bond donors (Lipinski definition) is 2. The fourth-order valence-electron chi connectivity index (χ4n) is 3.00. The van der Waals surface area contributed by atoms with Crippen LogP contribution in [0.15, 0.2) is 18.2 Å². The van der Waals surface area contributed by atoms with Gasteiger partial charge in [-0.2, -0.15) is 24.4 Å². The van der Waals surface area contributed by atoms with E-state index in [1.165, 1.54) is 18.2 Å². The number of nitrogens with two attached hydrogens (primary N) is 1. The molecule has 0 spiro atoms. The average Bonchev–Trinajstić information content (AvgIpc) is 3.18. The lowest BCUT2D eigenvalue weighted by Crippen LogP contribution is -2.07. The van der Waals surface area contributed by atoms with Crippen LogP contribution in [0.25, 0.3) is 11.6 Å². The smallest absolute Gasteiger partial charge is 0.207 e. The van der Waals surface area contributed by atoms with E-state index in [-0.39, 0.29) is 52.9 Å². The van der Waals surface area contributed by atoms with Crippen LogP contribution in [0.5, 0.6) is 17.2 Å². The third-order valence-electron chi connectivity index (χ3n) is 4.67. The maximum atomic E-state index is 14.0. The zero-order valence-corrected chi connectivity index (χ0v) is 17.7. The molecule has 8 nitrogen and oxygen atoms in total. The summed E-state index contributed by atoms with van der Waals surface area (Å²) >= 11 is 0. The Balaban J connectivity index is 2.04. The quantitative estimate of drug-likeness (QED) is 0.222. The molecule has 0 aliphatic heterocycles. The predicted octanol–water partition coefficient (Wildman–Crippen LogP) is 3.89. The van der Waals surface area contributed by atoms with Crippen LogP contribution in [0.1, 0.15) is 16.8 Å². The van der Waals surface area contributed by atoms with Gasteiger partial charge in [-0.1, -0.05) is 6.07 Å². The number of ether oxygens (including phenoxy) is 2. The first-order chi connectivity index (χ1) is 16.7. The van der Waals surface area contributed by atoms with Crippen molar-refractivity contribution in [1.82, 2.24) is 9.78 Å². The molecule has 3 aromatic rings. The molecule has 180 valence electrons. The number of aromatic nitrogens is 2. The van der Waals surface area contributed by atoms with Gasteiger partial charge in [0, 0.05) is 0 Å². The normalized spacial score (nSPS) is 11.2. The first-order valence-electron chi connectivity index (χ1n) is 9.55. The fraction of sp³-hybridized carbons (Fsp3) is 0.136. The van der Waals surface area contributed by atoms with Gasteiger partial charge in [-0.15, -0.1) is 0 Å². The third kappa shape index (κ3) is 4.58. The van der Waals surface area contributed by atoms with Crippen molar-refractivity contribution in [3.63, 3.8) is 0 Å². The molecule has 2 aromatic carbocycles. The third-order valence-corrected chi connectivity index (χ3v) is 4.67. The van der Waals surface area contributed by atoms with Crippen LogP contribution in [-0.4, -0.2) is 28.6 Å². The molecule has 1 heterocycles. The number of benzene rings is 2. The standard InChI is InChI=1S/C22H14F5N5O3/c1-34-14-7-10(6-11(8-28)20-12(9-29)22(30)32(31-20)4-5-33)2-3-13(14)35-21-18(26)16(24)15(23)17(25)19(21)27/h2-3,6-7,33H,4-5,30H2,1H3/b11-6+. The van der Waals surface area contributed by atoms with Crippen molar-refractivity contribution in [3.8, 4) is 29.4 Å². The van der Waals surface area contributed by atoms with Crippen molar-refractivity contribution < 1.29 is 36.5 Å². The van der Waals surface area contributed by atoms with Crippen LogP contribution in [-0.2, 0) is 6.54 Å². The highest BCUT2D eigenvalue weighted by Gasteiger charge is 2.28. The molecule has 0 saturated carbocycles. The van der Waals surface area contributed by atoms with Gasteiger partial charge in [0.15, 0.2) is 11.5 Å². The Labute approximate surface area is 194 Å². The van der Waals surface area contributed by atoms with E-state index in [9.17, 15) is 32.5 Å². The Bertz CT molecular complexity index is 1390. The van der Waals surface area contributed by atoms with E-state index in [0.717, 1.165) is 17.9 Å². The highest BCUT2D eigenvalue weighted by Crippen LogP contribution is 2.38. The van der Waals surface area contributed by atoms with Gasteiger partial charge in [-0.3, -0.25) is 0 Å². The lowest BCUT2D eigenvalue weighted by atomic mass is 10.1. The van der Waals surface area contributed by atoms with Crippen molar-refractivity contribution >= 4 is 17.5 Å². The molecule has 13 heteroatoms. The summed E-state index contributed by atoms with van der Waals surface area (Å²) in [7, 11) is 1.16. The zero-order chi connectivity index (χ0) is 25.9. The van der Waals surface area contributed by atoms with Crippen molar-refractivity contribution in [3.05, 3.63) is 64.1 Å². The second kappa shape index (κ2) is 10.1. The summed E-state index contributed by atoms with van der Waals surface area (Å²) in [6.07, 6.45) is 1.29. The monoisotopic (exact) mass is 491 g/mol. The van der Waals surface area contributed by atoms with Crippen LogP contribution in [0.2, 0.25) is 0 Å². The average molecular weight is 491 g/mol. The SMILES string of the molecule is COc1cc(/C=C(\C#N)c2nn(CCO)c(N)c2C#N)ccc1Oc1c(F)c(F)c(F)c(F)c1F. The van der Waals surface area contributed by atoms with Gasteiger partial charge in [0.05, 0.1) is 25.8 Å². The molecule has 1 aromatic heterocycles. The molecule has 0 saturated heterocycles. The minimum atomic E-state index is -2.33. The minimum absolute atomic E-state index is 0.0171. The number of aliphatic hydroxyl groups excluding tert-OH is 1. The number of halogens is 5. The van der Waals surface area contributed by atoms with Gasteiger partial charge in [0.1, 0.15) is 29.2 Å². The molecular formula is C22H14F5N5O3. The maximum absolute atomic E-state index is 14.0. The number of nitrogen functional groups attached to an aromatic ring is 1. The Hall–Kier alpha value is -4.62. The number of hydrogen-bond acceptors (Lipinski definition) is 7. The zero-order valence-electron chi connectivity index (χ0n) is 17.7. The van der Waals surface area contributed by atoms with Gasteiger partial charge < -0.3 is 20.3 Å². The highest BCUT2D eigenvalue weighted by molar-refractivity contribution is 5.91. The molecule has 0 radical (unpaired) electrons. The van der Waals surface area contributed by atoms with Crippen molar-refractivity contribution in [1.29, 1.82) is 10.5 Å². The summed E-state index contributed by atoms with van der Waals surface area (Å²) in [4.78, 5) is 0. The molecule has 3 rings (SSSR count). The minimum Gasteiger partial charge on any atom is -0.493 e. The van der Waals surface area contributed by atoms with E-state index in [1.54, 1.807) is 0 Å². The summed E-state index contributed by atoms with van der Waals surface area (Å²) < 4.78 is 79.3. The molecule has 35 heavy (non-hydrogen) atoms. The van der Waals surface area contributed by atoms with E-state index < -0.39 is 34.8 Å². The highest BCUT2D eigenvalue weighted by atomic mass is 19.2. The van der Waals surface area contributed by atoms with Crippen LogP contribution >= 0.6 is 0 Å². The van der Waals surface area contributed by atoms with Crippen LogP contribution in [0.3, 0.4) is 0 Å². The lowest BCUT2D eigenvalue weighted by Gasteiger charge is -2.13. The molecule has 0 atom stereocenters. The molecule has 0 aliphatic rings. The molecule has 0 bridgehead atoms.